The van der Waals surface area contributed by atoms with Crippen molar-refractivity contribution in [2.45, 2.75) is 6.61 Å². The highest BCUT2D eigenvalue weighted by atomic mass is 32.1. The Balaban J connectivity index is 1.48. The zero-order valence-corrected chi connectivity index (χ0v) is 18.3. The fourth-order valence-electron chi connectivity index (χ4n) is 3.62. The molecule has 0 atom stereocenters. The van der Waals surface area contributed by atoms with Crippen LogP contribution < -0.4 is 4.74 Å². The van der Waals surface area contributed by atoms with Crippen LogP contribution in [0.3, 0.4) is 0 Å². The van der Waals surface area contributed by atoms with Gasteiger partial charge >= 0.3 is 0 Å². The Kier molecular flexibility index (Phi) is 5.50. The van der Waals surface area contributed by atoms with Crippen molar-refractivity contribution in [3.05, 3.63) is 108 Å². The Hall–Kier alpha value is -4.16. The first-order chi connectivity index (χ1) is 16.1. The lowest BCUT2D eigenvalue weighted by Gasteiger charge is -2.08. The van der Waals surface area contributed by atoms with Gasteiger partial charge in [-0.1, -0.05) is 6.07 Å². The molecule has 3 aromatic carbocycles. The summed E-state index contributed by atoms with van der Waals surface area (Å²) in [6, 6.07) is 22.6. The Labute approximate surface area is 194 Å². The fourth-order valence-corrected chi connectivity index (χ4v) is 4.86. The van der Waals surface area contributed by atoms with Gasteiger partial charge in [-0.3, -0.25) is 9.78 Å². The highest BCUT2D eigenvalue weighted by Gasteiger charge is 2.22. The second kappa shape index (κ2) is 8.76. The molecule has 6 heteroatoms. The molecule has 0 aliphatic carbocycles. The number of aromatic nitrogens is 1. The summed E-state index contributed by atoms with van der Waals surface area (Å²) in [5, 5.41) is 20.4. The van der Waals surface area contributed by atoms with E-state index in [-0.39, 0.29) is 17.3 Å². The molecule has 2 N–H and O–H groups in total. The molecule has 5 nitrogen and oxygen atoms in total. The SMILES string of the molecule is O=C(c1ccc(OCc2cccnc2)cc1)c1c(-c2ccc(O)cc2)sc2cc(O)ccc12. The molecule has 2 aromatic heterocycles. The van der Waals surface area contributed by atoms with Gasteiger partial charge in [0.05, 0.1) is 0 Å². The van der Waals surface area contributed by atoms with E-state index in [0.29, 0.717) is 23.5 Å². The zero-order valence-electron chi connectivity index (χ0n) is 17.4. The number of aromatic hydroxyl groups is 2. The van der Waals surface area contributed by atoms with Crippen LogP contribution in [0.15, 0.2) is 91.3 Å². The number of hydrogen-bond donors (Lipinski definition) is 2. The highest BCUT2D eigenvalue weighted by Crippen LogP contribution is 2.41. The topological polar surface area (TPSA) is 79.7 Å². The van der Waals surface area contributed by atoms with Crippen LogP contribution in [0.5, 0.6) is 17.2 Å². The van der Waals surface area contributed by atoms with Crippen molar-refractivity contribution in [1.82, 2.24) is 4.98 Å². The van der Waals surface area contributed by atoms with Crippen LogP contribution in [0.2, 0.25) is 0 Å². The predicted molar refractivity (Wildman–Crippen MR) is 129 cm³/mol. The Morgan fingerprint density at radius 3 is 2.39 bits per heavy atom. The molecule has 2 heterocycles. The van der Waals surface area contributed by atoms with E-state index < -0.39 is 0 Å². The van der Waals surface area contributed by atoms with E-state index in [4.69, 9.17) is 4.74 Å². The smallest absolute Gasteiger partial charge is 0.195 e. The van der Waals surface area contributed by atoms with Gasteiger partial charge in [0.25, 0.3) is 0 Å². The number of fused-ring (bicyclic) bond motifs is 1. The number of nitrogens with zero attached hydrogens (tertiary/aromatic N) is 1. The van der Waals surface area contributed by atoms with E-state index in [1.165, 1.54) is 11.3 Å². The predicted octanol–water partition coefficient (Wildman–Crippen LogP) is 6.18. The third-order valence-corrected chi connectivity index (χ3v) is 6.48. The van der Waals surface area contributed by atoms with Crippen LogP contribution >= 0.6 is 11.3 Å². The number of pyridine rings is 1. The first kappa shape index (κ1) is 20.7. The normalized spacial score (nSPS) is 10.9. The van der Waals surface area contributed by atoms with Gasteiger partial charge in [0.1, 0.15) is 23.9 Å². The van der Waals surface area contributed by atoms with E-state index in [1.807, 2.05) is 12.1 Å². The number of phenols is 2. The van der Waals surface area contributed by atoms with Crippen LogP contribution in [-0.4, -0.2) is 21.0 Å². The summed E-state index contributed by atoms with van der Waals surface area (Å²) >= 11 is 1.44. The van der Waals surface area contributed by atoms with E-state index in [9.17, 15) is 15.0 Å². The third kappa shape index (κ3) is 4.29. The Morgan fingerprint density at radius 2 is 1.67 bits per heavy atom. The van der Waals surface area contributed by atoms with Crippen LogP contribution in [0.4, 0.5) is 0 Å². The van der Waals surface area contributed by atoms with Gasteiger partial charge < -0.3 is 14.9 Å². The van der Waals surface area contributed by atoms with Crippen molar-refractivity contribution < 1.29 is 19.7 Å². The van der Waals surface area contributed by atoms with E-state index >= 15 is 0 Å². The minimum atomic E-state index is -0.117. The van der Waals surface area contributed by atoms with Crippen LogP contribution in [0.1, 0.15) is 21.5 Å². The maximum Gasteiger partial charge on any atom is 0.195 e. The molecule has 5 rings (SSSR count). The largest absolute Gasteiger partial charge is 0.508 e. The summed E-state index contributed by atoms with van der Waals surface area (Å²) in [5.74, 6) is 0.852. The standard InChI is InChI=1S/C27H19NO4S/c29-20-7-3-19(4-8-20)27-25(23-12-9-21(30)14-24(23)33-27)26(31)18-5-10-22(11-6-18)32-16-17-2-1-13-28-15-17/h1-15,29-30H,16H2. The molecule has 0 radical (unpaired) electrons. The van der Waals surface area contributed by atoms with Crippen molar-refractivity contribution in [2.24, 2.45) is 0 Å². The second-order valence-electron chi connectivity index (χ2n) is 7.54. The lowest BCUT2D eigenvalue weighted by atomic mass is 9.97. The average molecular weight is 454 g/mol. The van der Waals surface area contributed by atoms with E-state index in [1.54, 1.807) is 79.1 Å². The van der Waals surface area contributed by atoms with Gasteiger partial charge in [-0.25, -0.2) is 0 Å². The number of benzene rings is 3. The molecule has 0 saturated heterocycles. The lowest BCUT2D eigenvalue weighted by molar-refractivity contribution is 0.104. The molecule has 0 fully saturated rings. The first-order valence-corrected chi connectivity index (χ1v) is 11.1. The van der Waals surface area contributed by atoms with Crippen molar-refractivity contribution in [3.8, 4) is 27.7 Å². The summed E-state index contributed by atoms with van der Waals surface area (Å²) < 4.78 is 6.62. The molecule has 0 saturated carbocycles. The number of thiophene rings is 1. The summed E-state index contributed by atoms with van der Waals surface area (Å²) in [5.41, 5.74) is 2.90. The minimum Gasteiger partial charge on any atom is -0.508 e. The fraction of sp³-hybridized carbons (Fsp3) is 0.0370. The number of hydrogen-bond acceptors (Lipinski definition) is 6. The molecule has 5 aromatic rings. The van der Waals surface area contributed by atoms with Gasteiger partial charge in [0.15, 0.2) is 5.78 Å². The van der Waals surface area contributed by atoms with Crippen molar-refractivity contribution >= 4 is 27.2 Å². The Bertz CT molecular complexity index is 1430. The quantitative estimate of drug-likeness (QED) is 0.300. The summed E-state index contributed by atoms with van der Waals surface area (Å²) in [4.78, 5) is 18.5. The van der Waals surface area contributed by atoms with Gasteiger partial charge in [-0.15, -0.1) is 11.3 Å². The molecule has 0 unspecified atom stereocenters. The van der Waals surface area contributed by atoms with Crippen LogP contribution in [0, 0.1) is 0 Å². The van der Waals surface area contributed by atoms with Crippen molar-refractivity contribution in [1.29, 1.82) is 0 Å². The first-order valence-electron chi connectivity index (χ1n) is 10.3. The van der Waals surface area contributed by atoms with Gasteiger partial charge in [0, 0.05) is 44.0 Å². The number of ketones is 1. The third-order valence-electron chi connectivity index (χ3n) is 5.27. The lowest BCUT2D eigenvalue weighted by Crippen LogP contribution is -2.02. The molecule has 0 aliphatic rings. The molecular formula is C27H19NO4S. The maximum atomic E-state index is 13.6. The van der Waals surface area contributed by atoms with Gasteiger partial charge in [-0.05, 0) is 78.4 Å². The van der Waals surface area contributed by atoms with Crippen molar-refractivity contribution in [3.63, 3.8) is 0 Å². The molecule has 33 heavy (non-hydrogen) atoms. The molecule has 162 valence electrons. The second-order valence-corrected chi connectivity index (χ2v) is 8.59. The summed E-state index contributed by atoms with van der Waals surface area (Å²) in [7, 11) is 0. The number of ether oxygens (including phenoxy) is 1. The maximum absolute atomic E-state index is 13.6. The zero-order chi connectivity index (χ0) is 22.8. The minimum absolute atomic E-state index is 0.117. The van der Waals surface area contributed by atoms with Crippen LogP contribution in [-0.2, 0) is 6.61 Å². The number of carbonyl (C=O) groups is 1. The van der Waals surface area contributed by atoms with E-state index in [2.05, 4.69) is 4.98 Å². The molecule has 0 aliphatic heterocycles. The van der Waals surface area contributed by atoms with Gasteiger partial charge in [-0.2, -0.15) is 0 Å². The number of rotatable bonds is 6. The van der Waals surface area contributed by atoms with Gasteiger partial charge in [0.2, 0.25) is 0 Å². The molecule has 0 bridgehead atoms. The van der Waals surface area contributed by atoms with Crippen LogP contribution in [0.25, 0.3) is 20.5 Å². The van der Waals surface area contributed by atoms with E-state index in [0.717, 1.165) is 26.1 Å². The van der Waals surface area contributed by atoms with Crippen molar-refractivity contribution in [2.75, 3.05) is 0 Å². The Morgan fingerprint density at radius 1 is 0.909 bits per heavy atom. The molecule has 0 amide bonds. The number of phenolic OH excluding ortho intramolecular Hbond substituents is 2. The summed E-state index contributed by atoms with van der Waals surface area (Å²) in [6.45, 7) is 0.394. The molecular weight excluding hydrogens is 434 g/mol. The highest BCUT2D eigenvalue weighted by molar-refractivity contribution is 7.22. The number of carbonyl (C=O) groups excluding carboxylic acids is 1. The molecule has 0 spiro atoms. The monoisotopic (exact) mass is 453 g/mol. The summed E-state index contributed by atoms with van der Waals surface area (Å²) in [6.07, 6.45) is 3.47. The average Bonchev–Trinajstić information content (AvgIpc) is 3.22.